The number of methoxy groups -OCH3 is 1. The second-order valence-electron chi connectivity index (χ2n) is 7.32. The number of primary amides is 1. The Morgan fingerprint density at radius 1 is 1.22 bits per heavy atom. The molecule has 0 fully saturated rings. The molecule has 0 spiro atoms. The number of rotatable bonds is 8. The molecule has 6 heteroatoms. The molecule has 1 aromatic heterocycles. The normalized spacial score (nSPS) is 13.1. The van der Waals surface area contributed by atoms with Crippen molar-refractivity contribution in [1.82, 2.24) is 4.98 Å². The molecule has 1 aromatic carbocycles. The molecule has 0 saturated heterocycles. The zero-order valence-corrected chi connectivity index (χ0v) is 16.6. The summed E-state index contributed by atoms with van der Waals surface area (Å²) in [4.78, 5) is 15.4. The SMILES string of the molecule is COc1cc(-c2ccc(OCC(C)(CC(C)C)OC(N)=O)c(C)c2)ccn1. The molecule has 1 unspecified atom stereocenters. The van der Waals surface area contributed by atoms with Crippen molar-refractivity contribution in [3.8, 4) is 22.8 Å². The number of hydrogen-bond acceptors (Lipinski definition) is 5. The van der Waals surface area contributed by atoms with E-state index in [1.165, 1.54) is 0 Å². The second kappa shape index (κ2) is 8.75. The number of hydrogen-bond donors (Lipinski definition) is 1. The molecule has 146 valence electrons. The van der Waals surface area contributed by atoms with Crippen LogP contribution in [-0.2, 0) is 4.74 Å². The summed E-state index contributed by atoms with van der Waals surface area (Å²) in [5.41, 5.74) is 7.49. The van der Waals surface area contributed by atoms with Gasteiger partial charge in [-0.3, -0.25) is 0 Å². The zero-order chi connectivity index (χ0) is 20.0. The summed E-state index contributed by atoms with van der Waals surface area (Å²) in [5.74, 6) is 1.64. The maximum Gasteiger partial charge on any atom is 0.405 e. The Kier molecular flexibility index (Phi) is 6.66. The molecule has 0 aliphatic carbocycles. The van der Waals surface area contributed by atoms with E-state index in [4.69, 9.17) is 19.9 Å². The van der Waals surface area contributed by atoms with E-state index < -0.39 is 11.7 Å². The van der Waals surface area contributed by atoms with Crippen LogP contribution in [0, 0.1) is 12.8 Å². The van der Waals surface area contributed by atoms with Crippen molar-refractivity contribution in [2.24, 2.45) is 11.7 Å². The zero-order valence-electron chi connectivity index (χ0n) is 16.6. The van der Waals surface area contributed by atoms with Crippen LogP contribution in [0.25, 0.3) is 11.1 Å². The molecule has 6 nitrogen and oxygen atoms in total. The van der Waals surface area contributed by atoms with E-state index in [1.54, 1.807) is 13.3 Å². The number of ether oxygens (including phenoxy) is 3. The number of carbonyl (C=O) groups is 1. The van der Waals surface area contributed by atoms with Gasteiger partial charge in [-0.15, -0.1) is 0 Å². The molecule has 2 rings (SSSR count). The molecule has 1 amide bonds. The Labute approximate surface area is 160 Å². The lowest BCUT2D eigenvalue weighted by Crippen LogP contribution is -2.41. The van der Waals surface area contributed by atoms with Crippen molar-refractivity contribution in [2.45, 2.75) is 39.7 Å². The molecule has 2 aromatic rings. The Morgan fingerprint density at radius 3 is 2.52 bits per heavy atom. The van der Waals surface area contributed by atoms with E-state index in [0.29, 0.717) is 18.2 Å². The Balaban J connectivity index is 2.16. The van der Waals surface area contributed by atoms with Gasteiger partial charge < -0.3 is 19.9 Å². The highest BCUT2D eigenvalue weighted by Crippen LogP contribution is 2.29. The second-order valence-corrected chi connectivity index (χ2v) is 7.32. The van der Waals surface area contributed by atoms with E-state index in [0.717, 1.165) is 22.4 Å². The number of nitrogens with two attached hydrogens (primary N) is 1. The van der Waals surface area contributed by atoms with Crippen molar-refractivity contribution < 1.29 is 19.0 Å². The van der Waals surface area contributed by atoms with Gasteiger partial charge in [0.05, 0.1) is 7.11 Å². The number of aromatic nitrogens is 1. The lowest BCUT2D eigenvalue weighted by Gasteiger charge is -2.30. The first-order valence-electron chi connectivity index (χ1n) is 8.95. The van der Waals surface area contributed by atoms with Gasteiger partial charge in [-0.2, -0.15) is 0 Å². The summed E-state index contributed by atoms with van der Waals surface area (Å²) in [6.07, 6.45) is 1.58. The Morgan fingerprint density at radius 2 is 1.93 bits per heavy atom. The molecule has 2 N–H and O–H groups in total. The Hall–Kier alpha value is -2.76. The first-order valence-corrected chi connectivity index (χ1v) is 8.95. The van der Waals surface area contributed by atoms with Crippen molar-refractivity contribution in [3.05, 3.63) is 42.1 Å². The number of pyridine rings is 1. The third-order valence-corrected chi connectivity index (χ3v) is 4.17. The first-order chi connectivity index (χ1) is 12.7. The highest BCUT2D eigenvalue weighted by atomic mass is 16.6. The quantitative estimate of drug-likeness (QED) is 0.745. The van der Waals surface area contributed by atoms with Crippen LogP contribution in [0.15, 0.2) is 36.5 Å². The largest absolute Gasteiger partial charge is 0.489 e. The minimum Gasteiger partial charge on any atom is -0.489 e. The molecule has 1 heterocycles. The van der Waals surface area contributed by atoms with Gasteiger partial charge in [0.15, 0.2) is 0 Å². The number of nitrogens with zero attached hydrogens (tertiary/aromatic N) is 1. The number of aryl methyl sites for hydroxylation is 1. The van der Waals surface area contributed by atoms with Crippen LogP contribution < -0.4 is 15.2 Å². The van der Waals surface area contributed by atoms with E-state index >= 15 is 0 Å². The summed E-state index contributed by atoms with van der Waals surface area (Å²) in [6, 6.07) is 9.75. The summed E-state index contributed by atoms with van der Waals surface area (Å²) in [6.45, 7) is 8.17. The minimum absolute atomic E-state index is 0.234. The average molecular weight is 372 g/mol. The predicted octanol–water partition coefficient (Wildman–Crippen LogP) is 4.34. The lowest BCUT2D eigenvalue weighted by atomic mass is 9.95. The van der Waals surface area contributed by atoms with Crippen LogP contribution in [0.2, 0.25) is 0 Å². The monoisotopic (exact) mass is 372 g/mol. The van der Waals surface area contributed by atoms with Crippen LogP contribution in [0.4, 0.5) is 4.79 Å². The highest BCUT2D eigenvalue weighted by molar-refractivity contribution is 5.66. The van der Waals surface area contributed by atoms with Crippen LogP contribution in [-0.4, -0.2) is 30.4 Å². The van der Waals surface area contributed by atoms with Gasteiger partial charge in [-0.05, 0) is 61.1 Å². The third-order valence-electron chi connectivity index (χ3n) is 4.17. The predicted molar refractivity (Wildman–Crippen MR) is 105 cm³/mol. The Bertz CT molecular complexity index is 792. The van der Waals surface area contributed by atoms with E-state index in [-0.39, 0.29) is 6.61 Å². The van der Waals surface area contributed by atoms with Gasteiger partial charge in [-0.25, -0.2) is 9.78 Å². The molecule has 0 bridgehead atoms. The standard InChI is InChI=1S/C21H28N2O4/c1-14(2)12-21(4,27-20(22)24)13-26-18-7-6-16(10-15(18)3)17-8-9-23-19(11-17)25-5/h6-11,14H,12-13H2,1-5H3,(H2,22,24). The van der Waals surface area contributed by atoms with Crippen LogP contribution >= 0.6 is 0 Å². The molecule has 0 aliphatic heterocycles. The average Bonchev–Trinajstić information content (AvgIpc) is 2.59. The fraction of sp³-hybridized carbons (Fsp3) is 0.429. The van der Waals surface area contributed by atoms with E-state index in [1.807, 2.05) is 44.2 Å². The molecule has 0 radical (unpaired) electrons. The van der Waals surface area contributed by atoms with Gasteiger partial charge in [0.25, 0.3) is 0 Å². The van der Waals surface area contributed by atoms with Gasteiger partial charge >= 0.3 is 6.09 Å². The smallest absolute Gasteiger partial charge is 0.405 e. The van der Waals surface area contributed by atoms with Gasteiger partial charge in [0.2, 0.25) is 5.88 Å². The summed E-state index contributed by atoms with van der Waals surface area (Å²) < 4.78 is 16.5. The maximum atomic E-state index is 11.3. The highest BCUT2D eigenvalue weighted by Gasteiger charge is 2.30. The fourth-order valence-electron chi connectivity index (χ4n) is 3.16. The summed E-state index contributed by atoms with van der Waals surface area (Å²) in [7, 11) is 1.59. The van der Waals surface area contributed by atoms with Gasteiger partial charge in [-0.1, -0.05) is 19.9 Å². The van der Waals surface area contributed by atoms with E-state index in [2.05, 4.69) is 18.8 Å². The van der Waals surface area contributed by atoms with E-state index in [9.17, 15) is 4.79 Å². The van der Waals surface area contributed by atoms with Gasteiger partial charge in [0.1, 0.15) is 18.0 Å². The summed E-state index contributed by atoms with van der Waals surface area (Å²) >= 11 is 0. The van der Waals surface area contributed by atoms with Crippen molar-refractivity contribution in [3.63, 3.8) is 0 Å². The van der Waals surface area contributed by atoms with Crippen LogP contribution in [0.5, 0.6) is 11.6 Å². The van der Waals surface area contributed by atoms with Crippen molar-refractivity contribution >= 4 is 6.09 Å². The molecule has 1 atom stereocenters. The minimum atomic E-state index is -0.791. The fourth-order valence-corrected chi connectivity index (χ4v) is 3.16. The number of benzene rings is 1. The van der Waals surface area contributed by atoms with Crippen LogP contribution in [0.1, 0.15) is 32.8 Å². The number of amides is 1. The van der Waals surface area contributed by atoms with Crippen LogP contribution in [0.3, 0.4) is 0 Å². The molecular formula is C21H28N2O4. The maximum absolute atomic E-state index is 11.3. The van der Waals surface area contributed by atoms with Crippen molar-refractivity contribution in [2.75, 3.05) is 13.7 Å². The molecule has 0 aliphatic rings. The lowest BCUT2D eigenvalue weighted by molar-refractivity contribution is -0.0187. The first kappa shape index (κ1) is 20.6. The number of carbonyl (C=O) groups excluding carboxylic acids is 1. The molecular weight excluding hydrogens is 344 g/mol. The van der Waals surface area contributed by atoms with Crippen molar-refractivity contribution in [1.29, 1.82) is 0 Å². The van der Waals surface area contributed by atoms with Gasteiger partial charge in [0, 0.05) is 12.3 Å². The molecule has 27 heavy (non-hydrogen) atoms. The summed E-state index contributed by atoms with van der Waals surface area (Å²) in [5, 5.41) is 0. The third kappa shape index (κ3) is 5.88. The molecule has 0 saturated carbocycles. The topological polar surface area (TPSA) is 83.7 Å².